The summed E-state index contributed by atoms with van der Waals surface area (Å²) in [5, 5.41) is -0.522. The van der Waals surface area contributed by atoms with Crippen molar-refractivity contribution in [3.05, 3.63) is 17.4 Å². The lowest BCUT2D eigenvalue weighted by Crippen LogP contribution is -2.18. The van der Waals surface area contributed by atoms with E-state index in [2.05, 4.69) is 9.72 Å². The Morgan fingerprint density at radius 2 is 2.11 bits per heavy atom. The van der Waals surface area contributed by atoms with Gasteiger partial charge < -0.3 is 4.74 Å². The van der Waals surface area contributed by atoms with E-state index >= 15 is 0 Å². The van der Waals surface area contributed by atoms with E-state index in [1.54, 1.807) is 0 Å². The Labute approximate surface area is 106 Å². The highest BCUT2D eigenvalue weighted by Gasteiger charge is 2.32. The Hall–Kier alpha value is -1.22. The van der Waals surface area contributed by atoms with Crippen molar-refractivity contribution in [1.29, 1.82) is 0 Å². The second kappa shape index (κ2) is 5.19. The first-order chi connectivity index (χ1) is 8.13. The Morgan fingerprint density at radius 1 is 1.50 bits per heavy atom. The number of aromatic nitrogens is 1. The Balaban J connectivity index is 3.01. The van der Waals surface area contributed by atoms with Crippen LogP contribution >= 0.6 is 11.6 Å². The van der Waals surface area contributed by atoms with Gasteiger partial charge in [0.05, 0.1) is 17.6 Å². The van der Waals surface area contributed by atoms with Crippen LogP contribution in [0.15, 0.2) is 12.3 Å². The van der Waals surface area contributed by atoms with E-state index in [0.29, 0.717) is 0 Å². The van der Waals surface area contributed by atoms with E-state index in [-0.39, 0.29) is 11.4 Å². The zero-order valence-corrected chi connectivity index (χ0v) is 10.5. The van der Waals surface area contributed by atoms with Gasteiger partial charge in [0.25, 0.3) is 0 Å². The quantitative estimate of drug-likeness (QED) is 0.867. The lowest BCUT2D eigenvalue weighted by Gasteiger charge is -2.11. The van der Waals surface area contributed by atoms with Crippen molar-refractivity contribution in [2.24, 2.45) is 0 Å². The predicted octanol–water partition coefficient (Wildman–Crippen LogP) is 2.40. The average Bonchev–Trinajstić information content (AvgIpc) is 2.21. The lowest BCUT2D eigenvalue weighted by atomic mass is 10.4. The van der Waals surface area contributed by atoms with Gasteiger partial charge >= 0.3 is 6.36 Å². The molecule has 0 saturated heterocycles. The number of alkyl halides is 3. The molecule has 0 fully saturated rings. The molecular formula is C8H8ClF3N2O3S. The van der Waals surface area contributed by atoms with Crippen LogP contribution in [0.3, 0.4) is 0 Å². The van der Waals surface area contributed by atoms with Crippen LogP contribution in [0.2, 0.25) is 5.15 Å². The van der Waals surface area contributed by atoms with Gasteiger partial charge in [-0.3, -0.25) is 4.72 Å². The van der Waals surface area contributed by atoms with E-state index in [0.717, 1.165) is 12.3 Å². The topological polar surface area (TPSA) is 68.3 Å². The van der Waals surface area contributed by atoms with Crippen molar-refractivity contribution in [3.63, 3.8) is 0 Å². The van der Waals surface area contributed by atoms with Crippen LogP contribution in [0, 0.1) is 0 Å². The van der Waals surface area contributed by atoms with Crippen molar-refractivity contribution < 1.29 is 26.3 Å². The van der Waals surface area contributed by atoms with E-state index in [1.165, 1.54) is 6.92 Å². The molecule has 0 spiro atoms. The molecule has 0 aromatic carbocycles. The standard InChI is InChI=1S/C8H8ClF3N2O3S/c1-2-18(15,16)14-5-3-6(7(9)13-4-5)17-8(10,11)12/h3-4,14H,2H2,1H3. The first-order valence-electron chi connectivity index (χ1n) is 4.55. The van der Waals surface area contributed by atoms with E-state index in [4.69, 9.17) is 11.6 Å². The lowest BCUT2D eigenvalue weighted by molar-refractivity contribution is -0.274. The number of hydrogen-bond acceptors (Lipinski definition) is 4. The Bertz CT molecular complexity index is 533. The van der Waals surface area contributed by atoms with Crippen molar-refractivity contribution in [2.45, 2.75) is 13.3 Å². The van der Waals surface area contributed by atoms with E-state index in [9.17, 15) is 21.6 Å². The third-order valence-corrected chi connectivity index (χ3v) is 3.28. The number of pyridine rings is 1. The minimum Gasteiger partial charge on any atom is -0.402 e. The molecule has 102 valence electrons. The summed E-state index contributed by atoms with van der Waals surface area (Å²) in [4.78, 5) is 3.40. The highest BCUT2D eigenvalue weighted by molar-refractivity contribution is 7.92. The van der Waals surface area contributed by atoms with Crippen LogP contribution < -0.4 is 9.46 Å². The minimum absolute atomic E-state index is 0.166. The Kier molecular flexibility index (Phi) is 4.28. The second-order valence-corrected chi connectivity index (χ2v) is 5.44. The molecule has 1 aromatic heterocycles. The van der Waals surface area contributed by atoms with Crippen LogP contribution in [0.4, 0.5) is 18.9 Å². The summed E-state index contributed by atoms with van der Waals surface area (Å²) in [5.74, 6) is -1.01. The molecule has 1 aromatic rings. The first kappa shape index (κ1) is 14.8. The second-order valence-electron chi connectivity index (χ2n) is 3.07. The third-order valence-electron chi connectivity index (χ3n) is 1.69. The molecular weight excluding hydrogens is 297 g/mol. The van der Waals surface area contributed by atoms with Gasteiger partial charge in [0.2, 0.25) is 10.0 Å². The largest absolute Gasteiger partial charge is 0.573 e. The summed E-state index contributed by atoms with van der Waals surface area (Å²) >= 11 is 5.39. The summed E-state index contributed by atoms with van der Waals surface area (Å²) in [6, 6.07) is 0.802. The molecule has 0 radical (unpaired) electrons. The fraction of sp³-hybridized carbons (Fsp3) is 0.375. The highest BCUT2D eigenvalue weighted by atomic mass is 35.5. The van der Waals surface area contributed by atoms with Crippen molar-refractivity contribution in [3.8, 4) is 5.75 Å². The molecule has 10 heteroatoms. The molecule has 0 bridgehead atoms. The predicted molar refractivity (Wildman–Crippen MR) is 59.0 cm³/mol. The molecule has 0 aliphatic carbocycles. The maximum Gasteiger partial charge on any atom is 0.573 e. The number of rotatable bonds is 4. The fourth-order valence-corrected chi connectivity index (χ4v) is 1.69. The van der Waals surface area contributed by atoms with Gasteiger partial charge in [0.15, 0.2) is 10.9 Å². The van der Waals surface area contributed by atoms with Crippen molar-refractivity contribution in [1.82, 2.24) is 4.98 Å². The molecule has 18 heavy (non-hydrogen) atoms. The maximum absolute atomic E-state index is 12.0. The zero-order chi connectivity index (χ0) is 14.0. The summed E-state index contributed by atoms with van der Waals surface area (Å²) in [5.41, 5.74) is -0.166. The minimum atomic E-state index is -4.94. The number of anilines is 1. The molecule has 1 N–H and O–H groups in total. The SMILES string of the molecule is CCS(=O)(=O)Nc1cnc(Cl)c(OC(F)(F)F)c1. The van der Waals surface area contributed by atoms with Gasteiger partial charge in [-0.1, -0.05) is 11.6 Å². The fourth-order valence-electron chi connectivity index (χ4n) is 0.932. The molecule has 0 aliphatic rings. The van der Waals surface area contributed by atoms with Gasteiger partial charge in [-0.2, -0.15) is 0 Å². The zero-order valence-electron chi connectivity index (χ0n) is 8.95. The number of ether oxygens (including phenoxy) is 1. The van der Waals surface area contributed by atoms with Crippen LogP contribution in [-0.4, -0.2) is 25.5 Å². The highest BCUT2D eigenvalue weighted by Crippen LogP contribution is 2.30. The number of nitrogens with zero attached hydrogens (tertiary/aromatic N) is 1. The van der Waals surface area contributed by atoms with Gasteiger partial charge in [-0.25, -0.2) is 13.4 Å². The average molecular weight is 305 g/mol. The summed E-state index contributed by atoms with van der Waals surface area (Å²) < 4.78 is 64.1. The van der Waals surface area contributed by atoms with Gasteiger partial charge in [0.1, 0.15) is 0 Å². The normalized spacial score (nSPS) is 12.3. The molecule has 0 atom stereocenters. The molecule has 0 amide bonds. The summed E-state index contributed by atoms with van der Waals surface area (Å²) in [7, 11) is -3.62. The van der Waals surface area contributed by atoms with Gasteiger partial charge in [-0.05, 0) is 6.92 Å². The number of nitrogens with one attached hydrogen (secondary N) is 1. The molecule has 1 heterocycles. The first-order valence-corrected chi connectivity index (χ1v) is 6.58. The van der Waals surface area contributed by atoms with E-state index in [1.807, 2.05) is 4.72 Å². The summed E-state index contributed by atoms with van der Waals surface area (Å²) in [6.45, 7) is 1.37. The molecule has 0 unspecified atom stereocenters. The monoisotopic (exact) mass is 304 g/mol. The molecule has 0 saturated carbocycles. The maximum atomic E-state index is 12.0. The molecule has 1 rings (SSSR count). The number of hydrogen-bond donors (Lipinski definition) is 1. The van der Waals surface area contributed by atoms with Crippen LogP contribution in [0.1, 0.15) is 6.92 Å². The van der Waals surface area contributed by atoms with E-state index < -0.39 is 27.3 Å². The van der Waals surface area contributed by atoms with Gasteiger partial charge in [0, 0.05) is 6.07 Å². The smallest absolute Gasteiger partial charge is 0.402 e. The van der Waals surface area contributed by atoms with Crippen LogP contribution in [0.5, 0.6) is 5.75 Å². The Morgan fingerprint density at radius 3 is 2.61 bits per heavy atom. The van der Waals surface area contributed by atoms with Crippen LogP contribution in [-0.2, 0) is 10.0 Å². The summed E-state index contributed by atoms with van der Waals surface area (Å²) in [6.07, 6.45) is -3.95. The molecule has 0 aliphatic heterocycles. The van der Waals surface area contributed by atoms with Crippen molar-refractivity contribution >= 4 is 27.3 Å². The van der Waals surface area contributed by atoms with Crippen molar-refractivity contribution in [2.75, 3.05) is 10.5 Å². The number of sulfonamides is 1. The van der Waals surface area contributed by atoms with Gasteiger partial charge in [-0.15, -0.1) is 13.2 Å². The molecule has 5 nitrogen and oxygen atoms in total. The third kappa shape index (κ3) is 4.57. The number of halogens is 4. The van der Waals surface area contributed by atoms with Crippen LogP contribution in [0.25, 0.3) is 0 Å².